The molecule has 5 heteroatoms. The summed E-state index contributed by atoms with van der Waals surface area (Å²) in [5.74, 6) is 0.522. The van der Waals surface area contributed by atoms with Crippen molar-refractivity contribution in [2.75, 3.05) is 13.1 Å². The number of furan rings is 1. The monoisotopic (exact) mass is 365 g/mol. The van der Waals surface area contributed by atoms with Gasteiger partial charge in [-0.25, -0.2) is 0 Å². The highest BCUT2D eigenvalue weighted by Gasteiger charge is 2.37. The lowest BCUT2D eigenvalue weighted by Crippen LogP contribution is -2.45. The molecule has 0 bridgehead atoms. The topological polar surface area (TPSA) is 73.9 Å². The lowest BCUT2D eigenvalue weighted by molar-refractivity contribution is -0.0215. The third kappa shape index (κ3) is 2.98. The number of likely N-dealkylation sites (tertiary alicyclic amines) is 1. The number of aryl methyl sites for hydroxylation is 2. The van der Waals surface area contributed by atoms with Crippen molar-refractivity contribution in [3.8, 4) is 5.75 Å². The molecule has 1 aliphatic heterocycles. The van der Waals surface area contributed by atoms with Gasteiger partial charge in [-0.05, 0) is 56.0 Å². The van der Waals surface area contributed by atoms with Gasteiger partial charge in [0.25, 0.3) is 5.91 Å². The largest absolute Gasteiger partial charge is 0.508 e. The van der Waals surface area contributed by atoms with Crippen molar-refractivity contribution in [1.82, 2.24) is 4.90 Å². The fraction of sp³-hybridized carbons (Fsp3) is 0.318. The molecule has 1 aromatic heterocycles. The van der Waals surface area contributed by atoms with Crippen LogP contribution in [0.25, 0.3) is 11.0 Å². The zero-order valence-corrected chi connectivity index (χ0v) is 15.5. The smallest absolute Gasteiger partial charge is 0.258 e. The standard InChI is InChI=1S/C22H23NO4/c1-14-5-3-4-6-18(14)22(26)9-11-23(12-10-22)21(25)20-15(2)27-19-8-7-16(24)13-17(19)20/h3-8,13,24,26H,9-12H2,1-2H3. The van der Waals surface area contributed by atoms with Crippen LogP contribution in [-0.2, 0) is 5.60 Å². The zero-order chi connectivity index (χ0) is 19.2. The predicted molar refractivity (Wildman–Crippen MR) is 103 cm³/mol. The van der Waals surface area contributed by atoms with E-state index in [1.165, 1.54) is 0 Å². The molecule has 2 heterocycles. The number of fused-ring (bicyclic) bond motifs is 1. The van der Waals surface area contributed by atoms with Crippen LogP contribution in [0.15, 0.2) is 46.9 Å². The molecule has 3 aromatic rings. The molecule has 2 aromatic carbocycles. The van der Waals surface area contributed by atoms with Gasteiger partial charge in [-0.1, -0.05) is 24.3 Å². The SMILES string of the molecule is Cc1ccccc1C1(O)CCN(C(=O)c2c(C)oc3ccc(O)cc23)CC1. The molecule has 0 radical (unpaired) electrons. The molecule has 1 saturated heterocycles. The Hall–Kier alpha value is -2.79. The first-order chi connectivity index (χ1) is 12.9. The minimum Gasteiger partial charge on any atom is -0.508 e. The van der Waals surface area contributed by atoms with E-state index in [9.17, 15) is 15.0 Å². The molecule has 0 atom stereocenters. The number of carbonyl (C=O) groups excluding carboxylic acids is 1. The Balaban J connectivity index is 1.59. The van der Waals surface area contributed by atoms with Crippen LogP contribution in [0.2, 0.25) is 0 Å². The van der Waals surface area contributed by atoms with E-state index in [1.807, 2.05) is 31.2 Å². The van der Waals surface area contributed by atoms with Gasteiger partial charge in [-0.15, -0.1) is 0 Å². The van der Waals surface area contributed by atoms with Gasteiger partial charge in [-0.2, -0.15) is 0 Å². The van der Waals surface area contributed by atoms with E-state index in [1.54, 1.807) is 30.0 Å². The maximum atomic E-state index is 13.1. The number of aromatic hydroxyl groups is 1. The number of piperidine rings is 1. The third-order valence-electron chi connectivity index (χ3n) is 5.59. The van der Waals surface area contributed by atoms with Crippen LogP contribution in [0, 0.1) is 13.8 Å². The number of rotatable bonds is 2. The number of hydrogen-bond donors (Lipinski definition) is 2. The van der Waals surface area contributed by atoms with Crippen molar-refractivity contribution in [1.29, 1.82) is 0 Å². The fourth-order valence-corrected chi connectivity index (χ4v) is 4.08. The summed E-state index contributed by atoms with van der Waals surface area (Å²) < 4.78 is 5.68. The molecule has 1 aliphatic rings. The second kappa shape index (κ2) is 6.43. The minimum absolute atomic E-state index is 0.102. The average Bonchev–Trinajstić information content (AvgIpc) is 2.97. The number of amides is 1. The van der Waals surface area contributed by atoms with Crippen LogP contribution in [0.4, 0.5) is 0 Å². The molecular weight excluding hydrogens is 342 g/mol. The molecule has 140 valence electrons. The van der Waals surface area contributed by atoms with Crippen LogP contribution in [0.3, 0.4) is 0 Å². The zero-order valence-electron chi connectivity index (χ0n) is 15.5. The molecule has 2 N–H and O–H groups in total. The van der Waals surface area contributed by atoms with E-state index < -0.39 is 5.60 Å². The van der Waals surface area contributed by atoms with Crippen molar-refractivity contribution in [3.63, 3.8) is 0 Å². The maximum absolute atomic E-state index is 13.1. The van der Waals surface area contributed by atoms with Gasteiger partial charge in [0.05, 0.1) is 11.2 Å². The van der Waals surface area contributed by atoms with E-state index in [4.69, 9.17) is 4.42 Å². The van der Waals surface area contributed by atoms with E-state index in [0.29, 0.717) is 48.2 Å². The molecule has 4 rings (SSSR count). The molecule has 5 nitrogen and oxygen atoms in total. The minimum atomic E-state index is -0.909. The Labute approximate surface area is 157 Å². The molecule has 0 aliphatic carbocycles. The second-order valence-corrected chi connectivity index (χ2v) is 7.35. The van der Waals surface area contributed by atoms with Crippen LogP contribution in [0.1, 0.15) is 40.1 Å². The molecular formula is C22H23NO4. The Kier molecular flexibility index (Phi) is 4.19. The van der Waals surface area contributed by atoms with E-state index in [-0.39, 0.29) is 11.7 Å². The molecule has 0 spiro atoms. The highest BCUT2D eigenvalue weighted by atomic mass is 16.3. The first-order valence-electron chi connectivity index (χ1n) is 9.19. The first-order valence-corrected chi connectivity index (χ1v) is 9.19. The maximum Gasteiger partial charge on any atom is 0.258 e. The summed E-state index contributed by atoms with van der Waals surface area (Å²) in [5.41, 5.74) is 2.16. The number of phenols is 1. The van der Waals surface area contributed by atoms with Crippen LogP contribution in [-0.4, -0.2) is 34.1 Å². The van der Waals surface area contributed by atoms with Gasteiger partial charge >= 0.3 is 0 Å². The Morgan fingerprint density at radius 3 is 2.52 bits per heavy atom. The number of hydrogen-bond acceptors (Lipinski definition) is 4. The quantitative estimate of drug-likeness (QED) is 0.723. The van der Waals surface area contributed by atoms with Gasteiger partial charge in [0.15, 0.2) is 0 Å². The molecule has 27 heavy (non-hydrogen) atoms. The van der Waals surface area contributed by atoms with Crippen molar-refractivity contribution in [2.24, 2.45) is 0 Å². The van der Waals surface area contributed by atoms with Crippen molar-refractivity contribution >= 4 is 16.9 Å². The summed E-state index contributed by atoms with van der Waals surface area (Å²) in [7, 11) is 0. The predicted octanol–water partition coefficient (Wildman–Crippen LogP) is 3.88. The number of benzene rings is 2. The average molecular weight is 365 g/mol. The number of nitrogens with zero attached hydrogens (tertiary/aromatic N) is 1. The lowest BCUT2D eigenvalue weighted by atomic mass is 9.82. The number of aliphatic hydroxyl groups is 1. The van der Waals surface area contributed by atoms with E-state index >= 15 is 0 Å². The highest BCUT2D eigenvalue weighted by Crippen LogP contribution is 2.36. The van der Waals surface area contributed by atoms with Crippen molar-refractivity contribution < 1.29 is 19.4 Å². The number of carbonyl (C=O) groups is 1. The molecule has 0 saturated carbocycles. The van der Waals surface area contributed by atoms with Gasteiger partial charge < -0.3 is 19.5 Å². The summed E-state index contributed by atoms with van der Waals surface area (Å²) in [6, 6.07) is 12.6. The summed E-state index contributed by atoms with van der Waals surface area (Å²) in [4.78, 5) is 14.9. The van der Waals surface area contributed by atoms with Crippen molar-refractivity contribution in [3.05, 3.63) is 64.9 Å². The van der Waals surface area contributed by atoms with E-state index in [0.717, 1.165) is 11.1 Å². The Bertz CT molecular complexity index is 1010. The third-order valence-corrected chi connectivity index (χ3v) is 5.59. The lowest BCUT2D eigenvalue weighted by Gasteiger charge is -2.39. The normalized spacial score (nSPS) is 16.6. The fourth-order valence-electron chi connectivity index (χ4n) is 4.08. The molecule has 0 unspecified atom stereocenters. The summed E-state index contributed by atoms with van der Waals surface area (Å²) in [6.45, 7) is 4.69. The second-order valence-electron chi connectivity index (χ2n) is 7.35. The summed E-state index contributed by atoms with van der Waals surface area (Å²) in [5, 5.41) is 21.5. The van der Waals surface area contributed by atoms with Gasteiger partial charge in [0.2, 0.25) is 0 Å². The van der Waals surface area contributed by atoms with Crippen LogP contribution >= 0.6 is 0 Å². The van der Waals surface area contributed by atoms with Crippen molar-refractivity contribution in [2.45, 2.75) is 32.3 Å². The Morgan fingerprint density at radius 1 is 1.11 bits per heavy atom. The van der Waals surface area contributed by atoms with Gasteiger partial charge in [0.1, 0.15) is 17.1 Å². The molecule has 1 amide bonds. The summed E-state index contributed by atoms with van der Waals surface area (Å²) >= 11 is 0. The number of phenolic OH excluding ortho intramolecular Hbond substituents is 1. The van der Waals surface area contributed by atoms with Gasteiger partial charge in [0, 0.05) is 18.5 Å². The van der Waals surface area contributed by atoms with Crippen LogP contribution < -0.4 is 0 Å². The highest BCUT2D eigenvalue weighted by molar-refractivity contribution is 6.07. The summed E-state index contributed by atoms with van der Waals surface area (Å²) in [6.07, 6.45) is 0.980. The Morgan fingerprint density at radius 2 is 1.81 bits per heavy atom. The van der Waals surface area contributed by atoms with Crippen LogP contribution in [0.5, 0.6) is 5.75 Å². The molecule has 1 fully saturated rings. The first kappa shape index (κ1) is 17.6. The van der Waals surface area contributed by atoms with Gasteiger partial charge in [-0.3, -0.25) is 4.79 Å². The van der Waals surface area contributed by atoms with E-state index in [2.05, 4.69) is 0 Å².